The average molecular weight is 280 g/mol. The molecule has 0 aliphatic carbocycles. The summed E-state index contributed by atoms with van der Waals surface area (Å²) in [5.41, 5.74) is 0.857. The van der Waals surface area contributed by atoms with Crippen molar-refractivity contribution in [1.82, 2.24) is 4.98 Å². The molecule has 4 nitrogen and oxygen atoms in total. The molecule has 0 amide bonds. The Morgan fingerprint density at radius 1 is 1.42 bits per heavy atom. The van der Waals surface area contributed by atoms with Gasteiger partial charge < -0.3 is 10.0 Å². The molecule has 2 aromatic rings. The van der Waals surface area contributed by atoms with Gasteiger partial charge in [-0.15, -0.1) is 11.3 Å². The molecule has 0 bridgehead atoms. The lowest BCUT2D eigenvalue weighted by atomic mass is 10.3. The highest BCUT2D eigenvalue weighted by Crippen LogP contribution is 2.31. The van der Waals surface area contributed by atoms with E-state index in [4.69, 9.17) is 5.11 Å². The first-order valence-corrected chi connectivity index (χ1v) is 6.58. The van der Waals surface area contributed by atoms with Crippen molar-refractivity contribution in [2.45, 2.75) is 13.8 Å². The fourth-order valence-electron chi connectivity index (χ4n) is 1.75. The van der Waals surface area contributed by atoms with Crippen LogP contribution in [-0.2, 0) is 0 Å². The molecule has 19 heavy (non-hydrogen) atoms. The number of aromatic nitrogens is 1. The minimum atomic E-state index is -1.03. The third kappa shape index (κ3) is 2.73. The van der Waals surface area contributed by atoms with Crippen LogP contribution in [-0.4, -0.2) is 22.6 Å². The molecule has 6 heteroatoms. The van der Waals surface area contributed by atoms with Gasteiger partial charge in [-0.1, -0.05) is 0 Å². The van der Waals surface area contributed by atoms with E-state index in [9.17, 15) is 9.18 Å². The summed E-state index contributed by atoms with van der Waals surface area (Å²) < 4.78 is 12.9. The van der Waals surface area contributed by atoms with E-state index >= 15 is 0 Å². The van der Waals surface area contributed by atoms with Gasteiger partial charge in [0.2, 0.25) is 0 Å². The number of rotatable bonds is 4. The summed E-state index contributed by atoms with van der Waals surface area (Å²) in [6.45, 7) is 4.28. The minimum Gasteiger partial charge on any atom is -0.476 e. The molecular formula is C13H13FN2O2S. The average Bonchev–Trinajstić information content (AvgIpc) is 2.75. The Bertz CT molecular complexity index is 595. The summed E-state index contributed by atoms with van der Waals surface area (Å²) >= 11 is 1.31. The zero-order chi connectivity index (χ0) is 14.0. The van der Waals surface area contributed by atoms with Gasteiger partial charge in [0.1, 0.15) is 5.82 Å². The second-order valence-electron chi connectivity index (χ2n) is 3.93. The van der Waals surface area contributed by atoms with Crippen molar-refractivity contribution < 1.29 is 14.3 Å². The van der Waals surface area contributed by atoms with E-state index in [2.05, 4.69) is 4.98 Å². The first kappa shape index (κ1) is 13.5. The summed E-state index contributed by atoms with van der Waals surface area (Å²) in [6, 6.07) is 6.04. The Hall–Kier alpha value is -1.95. The van der Waals surface area contributed by atoms with Crippen LogP contribution in [0.3, 0.4) is 0 Å². The fraction of sp³-hybridized carbons (Fsp3) is 0.231. The molecule has 100 valence electrons. The van der Waals surface area contributed by atoms with Gasteiger partial charge in [0.05, 0.1) is 0 Å². The number of hydrogen-bond acceptors (Lipinski definition) is 4. The Balaban J connectivity index is 2.39. The molecule has 0 fully saturated rings. The normalized spacial score (nSPS) is 10.5. The third-order valence-electron chi connectivity index (χ3n) is 2.67. The number of nitrogens with zero attached hydrogens (tertiary/aromatic N) is 2. The first-order chi connectivity index (χ1) is 9.02. The van der Waals surface area contributed by atoms with Gasteiger partial charge in [0, 0.05) is 17.1 Å². The number of carboxylic acid groups (broad SMARTS) is 1. The molecule has 1 N–H and O–H groups in total. The van der Waals surface area contributed by atoms with Gasteiger partial charge in [-0.25, -0.2) is 14.2 Å². The molecular weight excluding hydrogens is 267 g/mol. The van der Waals surface area contributed by atoms with Gasteiger partial charge >= 0.3 is 5.97 Å². The van der Waals surface area contributed by atoms with Crippen LogP contribution in [0.25, 0.3) is 0 Å². The van der Waals surface area contributed by atoms with Crippen LogP contribution in [0.4, 0.5) is 15.2 Å². The van der Waals surface area contributed by atoms with Crippen LogP contribution < -0.4 is 4.90 Å². The highest BCUT2D eigenvalue weighted by Gasteiger charge is 2.18. The molecule has 1 aromatic carbocycles. The maximum Gasteiger partial charge on any atom is 0.355 e. The SMILES string of the molecule is CCN(c1ccc(F)cc1)c1nc(C(=O)O)c(C)s1. The van der Waals surface area contributed by atoms with Crippen LogP contribution in [0.15, 0.2) is 24.3 Å². The number of hydrogen-bond donors (Lipinski definition) is 1. The highest BCUT2D eigenvalue weighted by molar-refractivity contribution is 7.15. The summed E-state index contributed by atoms with van der Waals surface area (Å²) in [7, 11) is 0. The van der Waals surface area contributed by atoms with E-state index in [1.165, 1.54) is 23.5 Å². The predicted molar refractivity (Wildman–Crippen MR) is 72.9 cm³/mol. The summed E-state index contributed by atoms with van der Waals surface area (Å²) in [5, 5.41) is 9.62. The van der Waals surface area contributed by atoms with Crippen LogP contribution in [0.1, 0.15) is 22.3 Å². The van der Waals surface area contributed by atoms with Gasteiger partial charge in [-0.2, -0.15) is 0 Å². The molecule has 0 saturated carbocycles. The maximum atomic E-state index is 12.9. The zero-order valence-electron chi connectivity index (χ0n) is 10.6. The minimum absolute atomic E-state index is 0.0700. The van der Waals surface area contributed by atoms with Crippen molar-refractivity contribution in [2.24, 2.45) is 0 Å². The number of aryl methyl sites for hydroxylation is 1. The number of carbonyl (C=O) groups is 1. The van der Waals surface area contributed by atoms with Crippen LogP contribution in [0, 0.1) is 12.7 Å². The summed E-state index contributed by atoms with van der Waals surface area (Å²) in [5.74, 6) is -1.34. The van der Waals surface area contributed by atoms with Crippen molar-refractivity contribution in [3.05, 3.63) is 40.7 Å². The van der Waals surface area contributed by atoms with E-state index in [0.717, 1.165) is 5.69 Å². The Labute approximate surface area is 114 Å². The molecule has 2 rings (SSSR count). The molecule has 1 aromatic heterocycles. The standard InChI is InChI=1S/C13H13FN2O2S/c1-3-16(10-6-4-9(14)5-7-10)13-15-11(12(17)18)8(2)19-13/h4-7H,3H2,1-2H3,(H,17,18). The molecule has 1 heterocycles. The van der Waals surface area contributed by atoms with Gasteiger partial charge in [-0.05, 0) is 38.1 Å². The van der Waals surface area contributed by atoms with E-state index < -0.39 is 5.97 Å². The van der Waals surface area contributed by atoms with Crippen molar-refractivity contribution in [3.8, 4) is 0 Å². The molecule has 0 atom stereocenters. The fourth-order valence-corrected chi connectivity index (χ4v) is 2.73. The Kier molecular flexibility index (Phi) is 3.80. The van der Waals surface area contributed by atoms with Crippen molar-refractivity contribution >= 4 is 28.1 Å². The monoisotopic (exact) mass is 280 g/mol. The number of anilines is 2. The molecule has 0 saturated heterocycles. The Morgan fingerprint density at radius 2 is 2.05 bits per heavy atom. The maximum absolute atomic E-state index is 12.9. The van der Waals surface area contributed by atoms with E-state index in [1.54, 1.807) is 19.1 Å². The summed E-state index contributed by atoms with van der Waals surface area (Å²) in [6.07, 6.45) is 0. The van der Waals surface area contributed by atoms with Crippen molar-refractivity contribution in [2.75, 3.05) is 11.4 Å². The molecule has 0 aliphatic rings. The topological polar surface area (TPSA) is 53.4 Å². The van der Waals surface area contributed by atoms with Gasteiger partial charge in [0.25, 0.3) is 0 Å². The largest absolute Gasteiger partial charge is 0.476 e. The number of carboxylic acids is 1. The van der Waals surface area contributed by atoms with Crippen LogP contribution >= 0.6 is 11.3 Å². The Morgan fingerprint density at radius 3 is 2.53 bits per heavy atom. The second-order valence-corrected chi connectivity index (χ2v) is 5.11. The second kappa shape index (κ2) is 5.36. The number of aromatic carboxylic acids is 1. The zero-order valence-corrected chi connectivity index (χ0v) is 11.4. The number of benzene rings is 1. The van der Waals surface area contributed by atoms with E-state index in [0.29, 0.717) is 16.6 Å². The van der Waals surface area contributed by atoms with Crippen LogP contribution in [0.5, 0.6) is 0 Å². The molecule has 0 spiro atoms. The molecule has 0 aliphatic heterocycles. The predicted octanol–water partition coefficient (Wildman–Crippen LogP) is 3.45. The van der Waals surface area contributed by atoms with Gasteiger partial charge in [-0.3, -0.25) is 0 Å². The number of thiazole rings is 1. The van der Waals surface area contributed by atoms with E-state index in [-0.39, 0.29) is 11.5 Å². The van der Waals surface area contributed by atoms with Crippen molar-refractivity contribution in [3.63, 3.8) is 0 Å². The van der Waals surface area contributed by atoms with Crippen molar-refractivity contribution in [1.29, 1.82) is 0 Å². The third-order valence-corrected chi connectivity index (χ3v) is 3.67. The first-order valence-electron chi connectivity index (χ1n) is 5.76. The molecule has 0 unspecified atom stereocenters. The van der Waals surface area contributed by atoms with E-state index in [1.807, 2.05) is 11.8 Å². The highest BCUT2D eigenvalue weighted by atomic mass is 32.1. The molecule has 0 radical (unpaired) electrons. The van der Waals surface area contributed by atoms with Crippen LogP contribution in [0.2, 0.25) is 0 Å². The lowest BCUT2D eigenvalue weighted by Crippen LogP contribution is -2.16. The smallest absolute Gasteiger partial charge is 0.355 e. The van der Waals surface area contributed by atoms with Gasteiger partial charge in [0.15, 0.2) is 10.8 Å². The lowest BCUT2D eigenvalue weighted by molar-refractivity contribution is 0.0690. The quantitative estimate of drug-likeness (QED) is 0.932. The number of halogens is 1. The summed E-state index contributed by atoms with van der Waals surface area (Å²) in [4.78, 5) is 17.6. The lowest BCUT2D eigenvalue weighted by Gasteiger charge is -2.19.